The van der Waals surface area contributed by atoms with Gasteiger partial charge in [0.1, 0.15) is 17.1 Å². The summed E-state index contributed by atoms with van der Waals surface area (Å²) in [6.07, 6.45) is -4.67. The second kappa shape index (κ2) is 3.43. The van der Waals surface area contributed by atoms with Crippen LogP contribution in [0, 0.1) is 13.8 Å². The second-order valence-corrected chi connectivity index (χ2v) is 3.56. The Morgan fingerprint density at radius 1 is 1.12 bits per heavy atom. The van der Waals surface area contributed by atoms with Crippen LogP contribution in [0.1, 0.15) is 11.3 Å². The molecule has 0 saturated carbocycles. The molecule has 2 rings (SSSR count). The zero-order valence-corrected chi connectivity index (χ0v) is 8.68. The molecule has 0 bridgehead atoms. The summed E-state index contributed by atoms with van der Waals surface area (Å²) in [5, 5.41) is 0.608. The van der Waals surface area contributed by atoms with Gasteiger partial charge in [-0.2, -0.15) is 0 Å². The van der Waals surface area contributed by atoms with Crippen molar-refractivity contribution in [3.8, 4) is 5.75 Å². The van der Waals surface area contributed by atoms with Gasteiger partial charge in [0.25, 0.3) is 0 Å². The summed E-state index contributed by atoms with van der Waals surface area (Å²) in [6.45, 7) is 3.41. The van der Waals surface area contributed by atoms with Gasteiger partial charge in [0, 0.05) is 5.39 Å². The number of halogens is 3. The monoisotopic (exact) mass is 230 g/mol. The maximum absolute atomic E-state index is 12.0. The molecule has 0 spiro atoms. The Bertz CT molecular complexity index is 526. The molecule has 1 aromatic heterocycles. The van der Waals surface area contributed by atoms with Crippen molar-refractivity contribution in [1.29, 1.82) is 0 Å². The van der Waals surface area contributed by atoms with E-state index in [1.165, 1.54) is 12.1 Å². The lowest BCUT2D eigenvalue weighted by Gasteiger charge is -2.09. The SMILES string of the molecule is Cc1cc2cc(OC(F)(F)F)cc(C)c2o1. The minimum atomic E-state index is -4.67. The van der Waals surface area contributed by atoms with Crippen LogP contribution in [0.25, 0.3) is 11.0 Å². The number of fused-ring (bicyclic) bond motifs is 1. The number of alkyl halides is 3. The number of hydrogen-bond acceptors (Lipinski definition) is 2. The van der Waals surface area contributed by atoms with E-state index in [1.807, 2.05) is 0 Å². The number of benzene rings is 1. The molecule has 0 aliphatic heterocycles. The van der Waals surface area contributed by atoms with E-state index in [0.29, 0.717) is 22.3 Å². The van der Waals surface area contributed by atoms with Crippen molar-refractivity contribution in [1.82, 2.24) is 0 Å². The first-order chi connectivity index (χ1) is 7.35. The molecule has 0 aliphatic carbocycles. The van der Waals surface area contributed by atoms with Crippen molar-refractivity contribution < 1.29 is 22.3 Å². The van der Waals surface area contributed by atoms with E-state index in [9.17, 15) is 13.2 Å². The molecule has 0 fully saturated rings. The third-order valence-electron chi connectivity index (χ3n) is 2.13. The van der Waals surface area contributed by atoms with E-state index in [1.54, 1.807) is 19.9 Å². The first-order valence-electron chi connectivity index (χ1n) is 4.62. The molecule has 0 atom stereocenters. The molecule has 5 heteroatoms. The second-order valence-electron chi connectivity index (χ2n) is 3.56. The Morgan fingerprint density at radius 3 is 2.44 bits per heavy atom. The zero-order chi connectivity index (χ0) is 11.9. The van der Waals surface area contributed by atoms with Crippen LogP contribution in [0.4, 0.5) is 13.2 Å². The topological polar surface area (TPSA) is 22.4 Å². The van der Waals surface area contributed by atoms with Gasteiger partial charge in [0.05, 0.1) is 0 Å². The predicted octanol–water partition coefficient (Wildman–Crippen LogP) is 3.95. The summed E-state index contributed by atoms with van der Waals surface area (Å²) in [4.78, 5) is 0. The molecule has 0 N–H and O–H groups in total. The molecule has 2 aromatic rings. The standard InChI is InChI=1S/C11H9F3O2/c1-6-3-9(16-11(12,13)14)5-8-4-7(2)15-10(6)8/h3-5H,1-2H3. The van der Waals surface area contributed by atoms with E-state index in [-0.39, 0.29) is 5.75 Å². The molecular weight excluding hydrogens is 221 g/mol. The van der Waals surface area contributed by atoms with Crippen molar-refractivity contribution in [2.45, 2.75) is 20.2 Å². The van der Waals surface area contributed by atoms with E-state index in [4.69, 9.17) is 4.42 Å². The lowest BCUT2D eigenvalue weighted by Crippen LogP contribution is -2.17. The lowest BCUT2D eigenvalue weighted by molar-refractivity contribution is -0.274. The van der Waals surface area contributed by atoms with Crippen LogP contribution in [-0.4, -0.2) is 6.36 Å². The fraction of sp³-hybridized carbons (Fsp3) is 0.273. The van der Waals surface area contributed by atoms with Crippen LogP contribution in [0.15, 0.2) is 22.6 Å². The average molecular weight is 230 g/mol. The molecule has 0 amide bonds. The number of ether oxygens (including phenoxy) is 1. The molecule has 2 nitrogen and oxygen atoms in total. The highest BCUT2D eigenvalue weighted by Crippen LogP contribution is 2.30. The predicted molar refractivity (Wildman–Crippen MR) is 52.4 cm³/mol. The maximum Gasteiger partial charge on any atom is 0.573 e. The molecular formula is C11H9F3O2. The molecule has 0 radical (unpaired) electrons. The zero-order valence-electron chi connectivity index (χ0n) is 8.68. The highest BCUT2D eigenvalue weighted by Gasteiger charge is 2.31. The van der Waals surface area contributed by atoms with Crippen LogP contribution in [0.3, 0.4) is 0 Å². The highest BCUT2D eigenvalue weighted by atomic mass is 19.4. The number of hydrogen-bond donors (Lipinski definition) is 0. The van der Waals surface area contributed by atoms with Crippen molar-refractivity contribution in [3.63, 3.8) is 0 Å². The number of furan rings is 1. The molecule has 16 heavy (non-hydrogen) atoms. The molecule has 0 aliphatic rings. The van der Waals surface area contributed by atoms with Crippen molar-refractivity contribution in [2.75, 3.05) is 0 Å². The third kappa shape index (κ3) is 2.13. The average Bonchev–Trinajstić information content (AvgIpc) is 2.42. The van der Waals surface area contributed by atoms with Gasteiger partial charge in [0.2, 0.25) is 0 Å². The summed E-state index contributed by atoms with van der Waals surface area (Å²) >= 11 is 0. The third-order valence-corrected chi connectivity index (χ3v) is 2.13. The lowest BCUT2D eigenvalue weighted by atomic mass is 10.1. The van der Waals surface area contributed by atoms with Crippen LogP contribution in [-0.2, 0) is 0 Å². The molecule has 86 valence electrons. The minimum Gasteiger partial charge on any atom is -0.461 e. The molecule has 0 unspecified atom stereocenters. The quantitative estimate of drug-likeness (QED) is 0.740. The summed E-state index contributed by atoms with van der Waals surface area (Å²) in [5.41, 5.74) is 1.21. The van der Waals surface area contributed by atoms with E-state index < -0.39 is 6.36 Å². The fourth-order valence-electron chi connectivity index (χ4n) is 1.62. The van der Waals surface area contributed by atoms with Crippen LogP contribution in [0.5, 0.6) is 5.75 Å². The van der Waals surface area contributed by atoms with Gasteiger partial charge >= 0.3 is 6.36 Å². The van der Waals surface area contributed by atoms with Crippen LogP contribution >= 0.6 is 0 Å². The molecule has 1 heterocycles. The van der Waals surface area contributed by atoms with Gasteiger partial charge < -0.3 is 9.15 Å². The normalized spacial score (nSPS) is 12.1. The summed E-state index contributed by atoms with van der Waals surface area (Å²) in [5.74, 6) is 0.431. The fourth-order valence-corrected chi connectivity index (χ4v) is 1.62. The molecule has 0 saturated heterocycles. The summed E-state index contributed by atoms with van der Waals surface area (Å²) in [7, 11) is 0. The highest BCUT2D eigenvalue weighted by molar-refractivity contribution is 5.82. The minimum absolute atomic E-state index is 0.224. The smallest absolute Gasteiger partial charge is 0.461 e. The number of rotatable bonds is 1. The Hall–Kier alpha value is -1.65. The van der Waals surface area contributed by atoms with Crippen LogP contribution in [0.2, 0.25) is 0 Å². The van der Waals surface area contributed by atoms with Gasteiger partial charge in [-0.3, -0.25) is 0 Å². The summed E-state index contributed by atoms with van der Waals surface area (Å²) < 4.78 is 45.3. The maximum atomic E-state index is 12.0. The van der Waals surface area contributed by atoms with Gasteiger partial charge in [-0.05, 0) is 37.6 Å². The van der Waals surface area contributed by atoms with Gasteiger partial charge in [-0.15, -0.1) is 13.2 Å². The Morgan fingerprint density at radius 2 is 1.81 bits per heavy atom. The molecule has 1 aromatic carbocycles. The van der Waals surface area contributed by atoms with Crippen molar-refractivity contribution in [3.05, 3.63) is 29.5 Å². The van der Waals surface area contributed by atoms with E-state index >= 15 is 0 Å². The Kier molecular flexibility index (Phi) is 2.33. The van der Waals surface area contributed by atoms with Gasteiger partial charge in [0.15, 0.2) is 0 Å². The van der Waals surface area contributed by atoms with Crippen LogP contribution < -0.4 is 4.74 Å². The van der Waals surface area contributed by atoms with E-state index in [2.05, 4.69) is 4.74 Å². The van der Waals surface area contributed by atoms with Crippen molar-refractivity contribution in [2.24, 2.45) is 0 Å². The first kappa shape index (κ1) is 10.9. The van der Waals surface area contributed by atoms with Crippen molar-refractivity contribution >= 4 is 11.0 Å². The summed E-state index contributed by atoms with van der Waals surface area (Å²) in [6, 6.07) is 4.29. The first-order valence-corrected chi connectivity index (χ1v) is 4.62. The Balaban J connectivity index is 2.49. The number of aryl methyl sites for hydroxylation is 2. The van der Waals surface area contributed by atoms with Gasteiger partial charge in [-0.1, -0.05) is 0 Å². The van der Waals surface area contributed by atoms with E-state index in [0.717, 1.165) is 0 Å². The largest absolute Gasteiger partial charge is 0.573 e. The Labute approximate surface area is 89.6 Å². The van der Waals surface area contributed by atoms with Gasteiger partial charge in [-0.25, -0.2) is 0 Å².